The van der Waals surface area contributed by atoms with Gasteiger partial charge in [-0.2, -0.15) is 0 Å². The van der Waals surface area contributed by atoms with Gasteiger partial charge in [-0.25, -0.2) is 0 Å². The van der Waals surface area contributed by atoms with Crippen molar-refractivity contribution >= 4 is 13.5 Å². The smallest absolute Gasteiger partial charge is 0.0729 e. The Bertz CT molecular complexity index is 339. The second kappa shape index (κ2) is 7.99. The Morgan fingerprint density at radius 3 is 1.74 bits per heavy atom. The molecule has 0 aliphatic carbocycles. The lowest BCUT2D eigenvalue weighted by atomic mass is 10.3. The molecule has 2 nitrogen and oxygen atoms in total. The van der Waals surface area contributed by atoms with Gasteiger partial charge in [-0.1, -0.05) is 44.2 Å². The Labute approximate surface area is 120 Å². The van der Waals surface area contributed by atoms with Crippen LogP contribution in [0.4, 0.5) is 0 Å². The van der Waals surface area contributed by atoms with E-state index in [1.165, 1.54) is 5.30 Å². The van der Waals surface area contributed by atoms with Crippen LogP contribution in [0.1, 0.15) is 41.5 Å². The van der Waals surface area contributed by atoms with Crippen molar-refractivity contribution in [3.05, 3.63) is 30.3 Å². The topological polar surface area (TPSA) is 6.48 Å². The number of rotatable bonds is 7. The van der Waals surface area contributed by atoms with Gasteiger partial charge in [0, 0.05) is 30.5 Å². The number of benzene rings is 1. The third kappa shape index (κ3) is 4.27. The maximum absolute atomic E-state index is 2.66. The third-order valence-corrected chi connectivity index (χ3v) is 6.48. The molecule has 0 saturated carbocycles. The summed E-state index contributed by atoms with van der Waals surface area (Å²) in [5.41, 5.74) is 0. The lowest BCUT2D eigenvalue weighted by Gasteiger charge is -2.43. The van der Waals surface area contributed by atoms with E-state index >= 15 is 0 Å². The van der Waals surface area contributed by atoms with Gasteiger partial charge in [0.1, 0.15) is 0 Å². The van der Waals surface area contributed by atoms with Crippen molar-refractivity contribution in [2.45, 2.75) is 53.6 Å². The summed E-state index contributed by atoms with van der Waals surface area (Å²) in [6.45, 7) is 16.0. The van der Waals surface area contributed by atoms with Crippen molar-refractivity contribution in [2.75, 3.05) is 13.1 Å². The minimum atomic E-state index is -0.395. The van der Waals surface area contributed by atoms with Gasteiger partial charge in [0.2, 0.25) is 0 Å². The van der Waals surface area contributed by atoms with Gasteiger partial charge in [-0.15, -0.1) is 0 Å². The summed E-state index contributed by atoms with van der Waals surface area (Å²) in [7, 11) is -0.395. The second-order valence-corrected chi connectivity index (χ2v) is 7.45. The van der Waals surface area contributed by atoms with Crippen LogP contribution in [-0.4, -0.2) is 34.5 Å². The molecule has 0 N–H and O–H groups in total. The molecule has 0 saturated heterocycles. The largest absolute Gasteiger partial charge is 0.267 e. The maximum Gasteiger partial charge on any atom is 0.0729 e. The number of hydrogen-bond acceptors (Lipinski definition) is 2. The molecule has 0 amide bonds. The van der Waals surface area contributed by atoms with Crippen molar-refractivity contribution in [1.82, 2.24) is 9.34 Å². The van der Waals surface area contributed by atoms with E-state index in [2.05, 4.69) is 81.2 Å². The van der Waals surface area contributed by atoms with Crippen LogP contribution < -0.4 is 5.30 Å². The van der Waals surface area contributed by atoms with Crippen LogP contribution in [0.3, 0.4) is 0 Å². The molecular weight excluding hydrogens is 251 g/mol. The first-order valence-corrected chi connectivity index (χ1v) is 8.65. The standard InChI is InChI=1S/C16H29N2P/c1-7-17(8-2)19(16-12-10-9-11-13-16)18(14(3)4)15(5)6/h9-15H,7-8H2,1-6H3. The fourth-order valence-corrected chi connectivity index (χ4v) is 5.26. The van der Waals surface area contributed by atoms with Crippen molar-refractivity contribution in [2.24, 2.45) is 0 Å². The molecule has 108 valence electrons. The molecule has 0 bridgehead atoms. The summed E-state index contributed by atoms with van der Waals surface area (Å²) in [4.78, 5) is 0. The Morgan fingerprint density at radius 2 is 1.37 bits per heavy atom. The molecule has 0 aliphatic heterocycles. The maximum atomic E-state index is 2.66. The first-order valence-electron chi connectivity index (χ1n) is 7.41. The Hall–Kier alpha value is -0.430. The van der Waals surface area contributed by atoms with E-state index in [4.69, 9.17) is 0 Å². The van der Waals surface area contributed by atoms with Crippen LogP contribution in [0.25, 0.3) is 0 Å². The summed E-state index contributed by atoms with van der Waals surface area (Å²) < 4.78 is 5.27. The highest BCUT2D eigenvalue weighted by Gasteiger charge is 2.29. The molecular formula is C16H29N2P. The minimum absolute atomic E-state index is 0.395. The summed E-state index contributed by atoms with van der Waals surface area (Å²) in [6, 6.07) is 12.1. The van der Waals surface area contributed by atoms with Crippen LogP contribution in [0, 0.1) is 0 Å². The molecule has 1 aromatic carbocycles. The highest BCUT2D eigenvalue weighted by Crippen LogP contribution is 2.45. The van der Waals surface area contributed by atoms with E-state index in [1.54, 1.807) is 0 Å². The van der Waals surface area contributed by atoms with Crippen molar-refractivity contribution < 1.29 is 0 Å². The Balaban J connectivity index is 3.18. The van der Waals surface area contributed by atoms with Crippen LogP contribution in [-0.2, 0) is 0 Å². The summed E-state index contributed by atoms with van der Waals surface area (Å²) in [6.07, 6.45) is 0. The van der Waals surface area contributed by atoms with E-state index in [0.717, 1.165) is 13.1 Å². The van der Waals surface area contributed by atoms with Crippen molar-refractivity contribution in [1.29, 1.82) is 0 Å². The predicted octanol–water partition coefficient (Wildman–Crippen LogP) is 4.08. The average Bonchev–Trinajstić information content (AvgIpc) is 2.39. The zero-order valence-corrected chi connectivity index (χ0v) is 14.2. The van der Waals surface area contributed by atoms with Crippen LogP contribution >= 0.6 is 8.22 Å². The quantitative estimate of drug-likeness (QED) is 0.694. The Kier molecular flexibility index (Phi) is 6.99. The zero-order chi connectivity index (χ0) is 14.4. The minimum Gasteiger partial charge on any atom is -0.267 e. The lowest BCUT2D eigenvalue weighted by Crippen LogP contribution is -2.41. The Morgan fingerprint density at radius 1 is 0.895 bits per heavy atom. The normalized spacial score (nSPS) is 13.8. The van der Waals surface area contributed by atoms with E-state index in [9.17, 15) is 0 Å². The predicted molar refractivity (Wildman–Crippen MR) is 88.0 cm³/mol. The summed E-state index contributed by atoms with van der Waals surface area (Å²) >= 11 is 0. The molecule has 19 heavy (non-hydrogen) atoms. The fourth-order valence-electron chi connectivity index (χ4n) is 2.53. The molecule has 3 heteroatoms. The molecule has 1 atom stereocenters. The van der Waals surface area contributed by atoms with Crippen LogP contribution in [0.5, 0.6) is 0 Å². The number of hydrogen-bond donors (Lipinski definition) is 0. The van der Waals surface area contributed by atoms with E-state index in [0.29, 0.717) is 12.1 Å². The molecule has 0 spiro atoms. The van der Waals surface area contributed by atoms with Gasteiger partial charge >= 0.3 is 0 Å². The fraction of sp³-hybridized carbons (Fsp3) is 0.625. The molecule has 1 unspecified atom stereocenters. The van der Waals surface area contributed by atoms with E-state index in [-0.39, 0.29) is 0 Å². The van der Waals surface area contributed by atoms with Crippen LogP contribution in [0.2, 0.25) is 0 Å². The van der Waals surface area contributed by atoms with E-state index in [1.807, 2.05) is 0 Å². The molecule has 0 fully saturated rings. The SMILES string of the molecule is CCN(CC)P(c1ccccc1)N(C(C)C)C(C)C. The van der Waals surface area contributed by atoms with E-state index < -0.39 is 8.22 Å². The molecule has 1 rings (SSSR count). The molecule has 0 heterocycles. The first kappa shape index (κ1) is 16.6. The van der Waals surface area contributed by atoms with Crippen molar-refractivity contribution in [3.63, 3.8) is 0 Å². The molecule has 1 aromatic rings. The second-order valence-electron chi connectivity index (χ2n) is 5.33. The highest BCUT2D eigenvalue weighted by atomic mass is 31.1. The summed E-state index contributed by atoms with van der Waals surface area (Å²) in [5, 5.41) is 1.46. The van der Waals surface area contributed by atoms with Gasteiger partial charge in [0.05, 0.1) is 8.22 Å². The molecule has 0 radical (unpaired) electrons. The van der Waals surface area contributed by atoms with Crippen molar-refractivity contribution in [3.8, 4) is 0 Å². The van der Waals surface area contributed by atoms with Gasteiger partial charge in [0.15, 0.2) is 0 Å². The zero-order valence-electron chi connectivity index (χ0n) is 13.3. The molecule has 0 aromatic heterocycles. The number of nitrogens with zero attached hydrogens (tertiary/aromatic N) is 2. The van der Waals surface area contributed by atoms with Crippen LogP contribution in [0.15, 0.2) is 30.3 Å². The summed E-state index contributed by atoms with van der Waals surface area (Å²) in [5.74, 6) is 0. The van der Waals surface area contributed by atoms with Gasteiger partial charge < -0.3 is 0 Å². The lowest BCUT2D eigenvalue weighted by molar-refractivity contribution is 0.302. The monoisotopic (exact) mass is 280 g/mol. The first-order chi connectivity index (χ1) is 9.02. The van der Waals surface area contributed by atoms with Gasteiger partial charge in [0.25, 0.3) is 0 Å². The molecule has 0 aliphatic rings. The van der Waals surface area contributed by atoms with Gasteiger partial charge in [-0.05, 0) is 27.7 Å². The third-order valence-electron chi connectivity index (χ3n) is 3.26. The average molecular weight is 280 g/mol. The van der Waals surface area contributed by atoms with Gasteiger partial charge in [-0.3, -0.25) is 9.34 Å². The highest BCUT2D eigenvalue weighted by molar-refractivity contribution is 7.61.